The zero-order valence-corrected chi connectivity index (χ0v) is 23.0. The van der Waals surface area contributed by atoms with E-state index in [0.717, 1.165) is 28.1 Å². The van der Waals surface area contributed by atoms with E-state index in [1.165, 1.54) is 0 Å². The second-order valence-corrected chi connectivity index (χ2v) is 9.65. The molecule has 0 bridgehead atoms. The molecule has 0 aliphatic heterocycles. The molecule has 6 heteroatoms. The maximum atomic E-state index is 6.35. The molecule has 0 aliphatic rings. The van der Waals surface area contributed by atoms with Crippen LogP contribution in [0.1, 0.15) is 16.7 Å². The monoisotopic (exact) mass is 551 g/mol. The summed E-state index contributed by atoms with van der Waals surface area (Å²) in [4.78, 5) is 13.8. The van der Waals surface area contributed by atoms with Crippen LogP contribution in [0.3, 0.4) is 0 Å². The van der Waals surface area contributed by atoms with Crippen LogP contribution < -0.4 is 14.2 Å². The summed E-state index contributed by atoms with van der Waals surface area (Å²) in [7, 11) is 0. The van der Waals surface area contributed by atoms with Crippen molar-refractivity contribution in [2.24, 2.45) is 0 Å². The summed E-state index contributed by atoms with van der Waals surface area (Å²) < 4.78 is 18.7. The third-order valence-electron chi connectivity index (χ3n) is 6.50. The van der Waals surface area contributed by atoms with E-state index in [-0.39, 0.29) is 0 Å². The number of nitrogens with zero attached hydrogens (tertiary/aromatic N) is 3. The molecule has 6 aromatic rings. The fourth-order valence-corrected chi connectivity index (χ4v) is 4.41. The van der Waals surface area contributed by atoms with Gasteiger partial charge in [-0.3, -0.25) is 9.97 Å². The van der Waals surface area contributed by atoms with Crippen LogP contribution in [0.25, 0.3) is 22.8 Å². The molecular weight excluding hydrogens is 522 g/mol. The number of pyridine rings is 3. The summed E-state index contributed by atoms with van der Waals surface area (Å²) in [5.74, 6) is 2.08. The lowest BCUT2D eigenvalue weighted by molar-refractivity contribution is 0.281. The minimum atomic E-state index is 0.303. The minimum Gasteiger partial charge on any atom is -0.489 e. The fraction of sp³-hybridized carbons (Fsp3) is 0.0833. The molecule has 0 saturated heterocycles. The average Bonchev–Trinajstić information content (AvgIpc) is 3.07. The van der Waals surface area contributed by atoms with Gasteiger partial charge in [0.25, 0.3) is 0 Å². The lowest BCUT2D eigenvalue weighted by Gasteiger charge is -2.14. The van der Waals surface area contributed by atoms with Crippen molar-refractivity contribution in [3.05, 3.63) is 156 Å². The molecule has 3 heterocycles. The van der Waals surface area contributed by atoms with Crippen LogP contribution in [0.4, 0.5) is 0 Å². The van der Waals surface area contributed by atoms with Crippen LogP contribution in [-0.4, -0.2) is 15.0 Å². The molecule has 0 radical (unpaired) electrons. The molecule has 0 amide bonds. The number of hydrogen-bond acceptors (Lipinski definition) is 6. The maximum Gasteiger partial charge on any atom is 0.124 e. The summed E-state index contributed by atoms with van der Waals surface area (Å²) in [5, 5.41) is 0. The first-order valence-corrected chi connectivity index (χ1v) is 13.7. The van der Waals surface area contributed by atoms with Crippen molar-refractivity contribution in [2.45, 2.75) is 19.8 Å². The molecule has 0 spiro atoms. The number of ether oxygens (including phenoxy) is 3. The molecule has 6 nitrogen and oxygen atoms in total. The third-order valence-corrected chi connectivity index (χ3v) is 6.50. The van der Waals surface area contributed by atoms with E-state index in [2.05, 4.69) is 9.97 Å². The zero-order valence-electron chi connectivity index (χ0n) is 23.0. The van der Waals surface area contributed by atoms with Crippen molar-refractivity contribution >= 4 is 0 Å². The van der Waals surface area contributed by atoms with Crippen LogP contribution in [0, 0.1) is 0 Å². The van der Waals surface area contributed by atoms with Gasteiger partial charge >= 0.3 is 0 Å². The Hall–Kier alpha value is -5.49. The van der Waals surface area contributed by atoms with Gasteiger partial charge < -0.3 is 14.2 Å². The van der Waals surface area contributed by atoms with Gasteiger partial charge in [-0.2, -0.15) is 0 Å². The van der Waals surface area contributed by atoms with E-state index < -0.39 is 0 Å². The molecule has 6 rings (SSSR count). The van der Waals surface area contributed by atoms with Crippen LogP contribution in [0.2, 0.25) is 0 Å². The van der Waals surface area contributed by atoms with Gasteiger partial charge in [0.05, 0.1) is 22.8 Å². The Balaban J connectivity index is 1.26. The standard InChI is InChI=1S/C36H29N3O3/c1-3-11-27(12-4-1)24-40-30-19-29(20-31(21-30)41-25-28-13-5-2-6-14-28)26-42-32-22-35(33-15-7-9-17-37-33)39-36(23-32)34-16-8-10-18-38-34/h1-23H,24-26H2. The van der Waals surface area contributed by atoms with Crippen molar-refractivity contribution in [2.75, 3.05) is 0 Å². The van der Waals surface area contributed by atoms with Gasteiger partial charge in [-0.15, -0.1) is 0 Å². The van der Waals surface area contributed by atoms with Gasteiger partial charge in [-0.05, 0) is 53.1 Å². The summed E-state index contributed by atoms with van der Waals surface area (Å²) in [6.07, 6.45) is 3.51. The summed E-state index contributed by atoms with van der Waals surface area (Å²) in [6, 6.07) is 41.4. The molecule has 206 valence electrons. The number of hydrogen-bond donors (Lipinski definition) is 0. The van der Waals surface area contributed by atoms with Gasteiger partial charge in [-0.1, -0.05) is 72.8 Å². The largest absolute Gasteiger partial charge is 0.489 e. The second-order valence-electron chi connectivity index (χ2n) is 9.65. The topological polar surface area (TPSA) is 66.4 Å². The summed E-state index contributed by atoms with van der Waals surface area (Å²) in [5.41, 5.74) is 6.03. The molecular formula is C36H29N3O3. The average molecular weight is 552 g/mol. The fourth-order valence-electron chi connectivity index (χ4n) is 4.41. The highest BCUT2D eigenvalue weighted by molar-refractivity contribution is 5.64. The van der Waals surface area contributed by atoms with E-state index in [0.29, 0.717) is 48.5 Å². The Bertz CT molecular complexity index is 1600. The van der Waals surface area contributed by atoms with Crippen LogP contribution in [-0.2, 0) is 19.8 Å². The number of aromatic nitrogens is 3. The van der Waals surface area contributed by atoms with Crippen molar-refractivity contribution in [3.63, 3.8) is 0 Å². The summed E-state index contributed by atoms with van der Waals surface area (Å²) in [6.45, 7) is 1.21. The quantitative estimate of drug-likeness (QED) is 0.163. The van der Waals surface area contributed by atoms with Crippen LogP contribution in [0.15, 0.2) is 140 Å². The Morgan fingerprint density at radius 3 is 1.26 bits per heavy atom. The Morgan fingerprint density at radius 1 is 0.381 bits per heavy atom. The SMILES string of the molecule is c1ccc(COc2cc(COc3cc(-c4ccccn4)nc(-c4ccccn4)c3)cc(OCc3ccccc3)c2)cc1. The van der Waals surface area contributed by atoms with Gasteiger partial charge in [0.1, 0.15) is 37.1 Å². The molecule has 0 atom stereocenters. The first kappa shape index (κ1) is 26.7. The minimum absolute atomic E-state index is 0.303. The molecule has 42 heavy (non-hydrogen) atoms. The molecule has 0 fully saturated rings. The molecule has 3 aromatic carbocycles. The van der Waals surface area contributed by atoms with Crippen molar-refractivity contribution < 1.29 is 14.2 Å². The molecule has 3 aromatic heterocycles. The Kier molecular flexibility index (Phi) is 8.42. The second kappa shape index (κ2) is 13.2. The first-order valence-electron chi connectivity index (χ1n) is 13.7. The van der Waals surface area contributed by atoms with E-state index >= 15 is 0 Å². The predicted octanol–water partition coefficient (Wildman–Crippen LogP) is 7.94. The molecule has 0 aliphatic carbocycles. The highest BCUT2D eigenvalue weighted by Crippen LogP contribution is 2.29. The lowest BCUT2D eigenvalue weighted by atomic mass is 10.1. The third kappa shape index (κ3) is 7.17. The maximum absolute atomic E-state index is 6.35. The normalized spacial score (nSPS) is 10.7. The van der Waals surface area contributed by atoms with Gasteiger partial charge in [0.15, 0.2) is 0 Å². The number of benzene rings is 3. The Labute approximate surface area is 245 Å². The van der Waals surface area contributed by atoms with Crippen molar-refractivity contribution in [1.29, 1.82) is 0 Å². The number of rotatable bonds is 11. The van der Waals surface area contributed by atoms with Gasteiger partial charge in [0, 0.05) is 30.6 Å². The smallest absolute Gasteiger partial charge is 0.124 e. The summed E-state index contributed by atoms with van der Waals surface area (Å²) >= 11 is 0. The molecule has 0 unspecified atom stereocenters. The first-order chi connectivity index (χ1) is 20.8. The Morgan fingerprint density at radius 2 is 0.810 bits per heavy atom. The lowest BCUT2D eigenvalue weighted by Crippen LogP contribution is -2.02. The van der Waals surface area contributed by atoms with Gasteiger partial charge in [-0.25, -0.2) is 4.98 Å². The van der Waals surface area contributed by atoms with Crippen LogP contribution >= 0.6 is 0 Å². The molecule has 0 saturated carbocycles. The highest BCUT2D eigenvalue weighted by atomic mass is 16.5. The van der Waals surface area contributed by atoms with E-state index in [1.807, 2.05) is 127 Å². The van der Waals surface area contributed by atoms with Crippen molar-refractivity contribution in [3.8, 4) is 40.0 Å². The zero-order chi connectivity index (χ0) is 28.4. The predicted molar refractivity (Wildman–Crippen MR) is 163 cm³/mol. The van der Waals surface area contributed by atoms with E-state index in [9.17, 15) is 0 Å². The highest BCUT2D eigenvalue weighted by Gasteiger charge is 2.11. The van der Waals surface area contributed by atoms with E-state index in [1.54, 1.807) is 12.4 Å². The van der Waals surface area contributed by atoms with Gasteiger partial charge in [0.2, 0.25) is 0 Å². The van der Waals surface area contributed by atoms with E-state index in [4.69, 9.17) is 19.2 Å². The van der Waals surface area contributed by atoms with Crippen molar-refractivity contribution in [1.82, 2.24) is 15.0 Å². The van der Waals surface area contributed by atoms with Crippen LogP contribution in [0.5, 0.6) is 17.2 Å². The molecule has 0 N–H and O–H groups in total.